The Labute approximate surface area is 288 Å². The molecule has 12 heteroatoms. The van der Waals surface area contributed by atoms with Crippen molar-refractivity contribution in [1.82, 2.24) is 15.2 Å². The molecule has 0 saturated heterocycles. The van der Waals surface area contributed by atoms with Crippen LogP contribution in [0.4, 0.5) is 18.4 Å². The number of benzene rings is 2. The van der Waals surface area contributed by atoms with Gasteiger partial charge in [-0.05, 0) is 91.0 Å². The molecule has 3 amide bonds. The first kappa shape index (κ1) is 40.7. The van der Waals surface area contributed by atoms with Crippen LogP contribution in [0.5, 0.6) is 0 Å². The number of hydrazone groups is 1. The molecular formula is C36H52F2N4O5S. The molecular weight excluding hydrogens is 638 g/mol. The van der Waals surface area contributed by atoms with Crippen molar-refractivity contribution in [3.05, 3.63) is 71.3 Å². The van der Waals surface area contributed by atoms with Gasteiger partial charge < -0.3 is 24.5 Å². The Balaban J connectivity index is 0.00000392. The predicted octanol–water partition coefficient (Wildman–Crippen LogP) is 8.46. The lowest BCUT2D eigenvalue weighted by molar-refractivity contribution is -0.108. The summed E-state index contributed by atoms with van der Waals surface area (Å²) in [4.78, 5) is 37.9. The van der Waals surface area contributed by atoms with Gasteiger partial charge in [-0.2, -0.15) is 10.1 Å². The number of amides is 3. The zero-order chi connectivity index (χ0) is 36.1. The van der Waals surface area contributed by atoms with Crippen molar-refractivity contribution >= 4 is 35.2 Å². The van der Waals surface area contributed by atoms with Crippen molar-refractivity contribution in [2.75, 3.05) is 20.2 Å². The predicted molar refractivity (Wildman–Crippen MR) is 188 cm³/mol. The van der Waals surface area contributed by atoms with E-state index in [2.05, 4.69) is 10.4 Å². The smallest absolute Gasteiger partial charge is 0.407 e. The molecule has 0 spiro atoms. The lowest BCUT2D eigenvalue weighted by Gasteiger charge is -2.42. The number of hydrogen-bond donors (Lipinski definition) is 1. The van der Waals surface area contributed by atoms with Crippen LogP contribution in [0.2, 0.25) is 0 Å². The first-order valence-electron chi connectivity index (χ1n) is 16.5. The van der Waals surface area contributed by atoms with E-state index in [1.54, 1.807) is 32.7 Å². The van der Waals surface area contributed by atoms with E-state index in [4.69, 9.17) is 9.47 Å². The first-order chi connectivity index (χ1) is 22.6. The van der Waals surface area contributed by atoms with Gasteiger partial charge in [0.1, 0.15) is 33.4 Å². The van der Waals surface area contributed by atoms with E-state index in [-0.39, 0.29) is 23.3 Å². The van der Waals surface area contributed by atoms with Gasteiger partial charge in [0.2, 0.25) is 0 Å². The molecule has 0 radical (unpaired) electrons. The SMILES string of the molecule is CC.CC(CCC=O)OCCC(C)(C)N(C)C(=O)N1N=C(c2cc(F)ccc2F)S[C@@]1(CCCNC(=O)OC(C)(C)C)c1ccccc1. The number of carbonyl (C=O) groups excluding carboxylic acids is 3. The summed E-state index contributed by atoms with van der Waals surface area (Å²) in [6, 6.07) is 12.0. The fourth-order valence-corrected chi connectivity index (χ4v) is 6.26. The summed E-state index contributed by atoms with van der Waals surface area (Å²) in [5.74, 6) is -1.29. The Hall–Kier alpha value is -3.51. The fourth-order valence-electron chi connectivity index (χ4n) is 4.84. The highest BCUT2D eigenvalue weighted by molar-refractivity contribution is 8.15. The molecule has 0 bridgehead atoms. The van der Waals surface area contributed by atoms with E-state index in [9.17, 15) is 18.8 Å². The normalized spacial score (nSPS) is 16.7. The van der Waals surface area contributed by atoms with E-state index < -0.39 is 39.8 Å². The number of alkyl carbamates (subject to hydrolysis) is 1. The Morgan fingerprint density at radius 2 is 1.77 bits per heavy atom. The average Bonchev–Trinajstić information content (AvgIpc) is 3.43. The van der Waals surface area contributed by atoms with Crippen molar-refractivity contribution < 1.29 is 32.6 Å². The lowest BCUT2D eigenvalue weighted by Crippen LogP contribution is -2.54. The molecule has 48 heavy (non-hydrogen) atoms. The summed E-state index contributed by atoms with van der Waals surface area (Å²) >= 11 is 1.17. The molecule has 0 saturated carbocycles. The molecule has 9 nitrogen and oxygen atoms in total. The Morgan fingerprint density at radius 3 is 2.40 bits per heavy atom. The molecule has 2 aromatic rings. The Bertz CT molecular complexity index is 1390. The van der Waals surface area contributed by atoms with Crippen LogP contribution < -0.4 is 5.32 Å². The minimum absolute atomic E-state index is 0.0490. The third kappa shape index (κ3) is 11.3. The van der Waals surface area contributed by atoms with Crippen LogP contribution in [0.3, 0.4) is 0 Å². The fraction of sp³-hybridized carbons (Fsp3) is 0.556. The summed E-state index contributed by atoms with van der Waals surface area (Å²) in [6.07, 6.45) is 2.45. The summed E-state index contributed by atoms with van der Waals surface area (Å²) in [5.41, 5.74) is -0.658. The number of halogens is 2. The molecule has 0 aromatic heterocycles. The van der Waals surface area contributed by atoms with Gasteiger partial charge in [-0.3, -0.25) is 0 Å². The molecule has 2 aromatic carbocycles. The molecule has 1 N–H and O–H groups in total. The van der Waals surface area contributed by atoms with Crippen LogP contribution in [0.25, 0.3) is 0 Å². The molecule has 2 atom stereocenters. The van der Waals surface area contributed by atoms with Crippen LogP contribution in [-0.2, 0) is 19.1 Å². The quantitative estimate of drug-likeness (QED) is 0.158. The van der Waals surface area contributed by atoms with Crippen molar-refractivity contribution in [2.24, 2.45) is 5.10 Å². The van der Waals surface area contributed by atoms with E-state index in [1.807, 2.05) is 65.0 Å². The zero-order valence-electron chi connectivity index (χ0n) is 29.8. The molecule has 266 valence electrons. The van der Waals surface area contributed by atoms with Gasteiger partial charge in [0.15, 0.2) is 0 Å². The minimum atomic E-state index is -1.15. The van der Waals surface area contributed by atoms with Gasteiger partial charge in [0.05, 0.1) is 6.10 Å². The lowest BCUT2D eigenvalue weighted by atomic mass is 9.98. The molecule has 1 aliphatic rings. The van der Waals surface area contributed by atoms with Crippen molar-refractivity contribution in [3.8, 4) is 0 Å². The number of nitrogens with zero attached hydrogens (tertiary/aromatic N) is 3. The monoisotopic (exact) mass is 690 g/mol. The van der Waals surface area contributed by atoms with Crippen LogP contribution >= 0.6 is 11.8 Å². The largest absolute Gasteiger partial charge is 0.444 e. The molecule has 0 fully saturated rings. The van der Waals surface area contributed by atoms with E-state index in [1.165, 1.54) is 16.8 Å². The number of rotatable bonds is 14. The van der Waals surface area contributed by atoms with Gasteiger partial charge in [0.25, 0.3) is 0 Å². The summed E-state index contributed by atoms with van der Waals surface area (Å²) in [5, 5.41) is 8.95. The maximum absolute atomic E-state index is 15.1. The topological polar surface area (TPSA) is 101 Å². The van der Waals surface area contributed by atoms with Crippen LogP contribution in [0, 0.1) is 11.6 Å². The maximum atomic E-state index is 15.1. The summed E-state index contributed by atoms with van der Waals surface area (Å²) < 4.78 is 40.7. The average molecular weight is 691 g/mol. The maximum Gasteiger partial charge on any atom is 0.407 e. The van der Waals surface area contributed by atoms with Gasteiger partial charge in [-0.1, -0.05) is 55.9 Å². The summed E-state index contributed by atoms with van der Waals surface area (Å²) in [6.45, 7) is 15.7. The van der Waals surface area contributed by atoms with E-state index >= 15 is 4.39 Å². The Kier molecular flexibility index (Phi) is 15.5. The highest BCUT2D eigenvalue weighted by atomic mass is 32.2. The van der Waals surface area contributed by atoms with Gasteiger partial charge in [0, 0.05) is 37.7 Å². The second-order valence-electron chi connectivity index (χ2n) is 13.0. The first-order valence-corrected chi connectivity index (χ1v) is 17.3. The van der Waals surface area contributed by atoms with Crippen LogP contribution in [-0.4, -0.2) is 70.8 Å². The Morgan fingerprint density at radius 1 is 1.10 bits per heavy atom. The van der Waals surface area contributed by atoms with Crippen molar-refractivity contribution in [1.29, 1.82) is 0 Å². The van der Waals surface area contributed by atoms with Crippen LogP contribution in [0.1, 0.15) is 98.6 Å². The van der Waals surface area contributed by atoms with Gasteiger partial charge >= 0.3 is 12.1 Å². The molecule has 1 aliphatic heterocycles. The molecule has 1 heterocycles. The van der Waals surface area contributed by atoms with Crippen molar-refractivity contribution in [2.45, 2.75) is 110 Å². The highest BCUT2D eigenvalue weighted by Crippen LogP contribution is 2.51. The van der Waals surface area contributed by atoms with Crippen LogP contribution in [0.15, 0.2) is 53.6 Å². The number of aldehydes is 1. The number of ether oxygens (including phenoxy) is 2. The third-order valence-electron chi connectivity index (χ3n) is 7.73. The number of nitrogens with one attached hydrogen (secondary N) is 1. The minimum Gasteiger partial charge on any atom is -0.444 e. The number of carbonyl (C=O) groups is 3. The van der Waals surface area contributed by atoms with Gasteiger partial charge in [-0.25, -0.2) is 18.4 Å². The van der Waals surface area contributed by atoms with E-state index in [0.717, 1.165) is 30.0 Å². The van der Waals surface area contributed by atoms with Crippen molar-refractivity contribution in [3.63, 3.8) is 0 Å². The molecule has 1 unspecified atom stereocenters. The second kappa shape index (κ2) is 18.3. The molecule has 3 rings (SSSR count). The number of hydrogen-bond acceptors (Lipinski definition) is 7. The number of thioether (sulfide) groups is 1. The summed E-state index contributed by atoms with van der Waals surface area (Å²) in [7, 11) is 1.68. The number of urea groups is 1. The third-order valence-corrected chi connectivity index (χ3v) is 9.17. The second-order valence-corrected chi connectivity index (χ2v) is 14.2. The van der Waals surface area contributed by atoms with E-state index in [0.29, 0.717) is 38.7 Å². The molecule has 0 aliphatic carbocycles. The standard InChI is InChI=1S/C34H46F2N4O5S.C2H6/c1-24(13-11-21-41)44-22-19-33(5,6)39(7)31(43)40-34(25-14-9-8-10-15-25,18-12-20-37-30(42)45-32(2,3)4)46-29(38-40)27-23-26(35)16-17-28(27)36;1-2/h8-10,14-17,21,23-24H,11-13,18-20,22H2,1-7H3,(H,37,42);1-2H3/t24?,34-;/m0./s1. The zero-order valence-corrected chi connectivity index (χ0v) is 30.6. The van der Waals surface area contributed by atoms with Gasteiger partial charge in [-0.15, -0.1) is 0 Å². The highest BCUT2D eigenvalue weighted by Gasteiger charge is 2.50.